The number of sulfonamides is 1. The highest BCUT2D eigenvalue weighted by molar-refractivity contribution is 7.88. The molecule has 0 saturated carbocycles. The van der Waals surface area contributed by atoms with Gasteiger partial charge in [-0.15, -0.1) is 11.3 Å². The number of carbonyl (C=O) groups excluding carboxylic acids is 1. The van der Waals surface area contributed by atoms with Crippen LogP contribution in [0.5, 0.6) is 0 Å². The summed E-state index contributed by atoms with van der Waals surface area (Å²) >= 11 is 7.26. The molecule has 1 amide bonds. The summed E-state index contributed by atoms with van der Waals surface area (Å²) in [5.74, 6) is -0.206. The molecule has 0 radical (unpaired) electrons. The van der Waals surface area contributed by atoms with Gasteiger partial charge < -0.3 is 4.90 Å². The van der Waals surface area contributed by atoms with Crippen LogP contribution in [0.3, 0.4) is 0 Å². The lowest BCUT2D eigenvalue weighted by molar-refractivity contribution is 0.0692. The second kappa shape index (κ2) is 7.41. The monoisotopic (exact) mass is 399 g/mol. The number of aryl methyl sites for hydroxylation is 1. The van der Waals surface area contributed by atoms with Crippen LogP contribution in [0.1, 0.15) is 21.1 Å². The first-order valence-electron chi connectivity index (χ1n) is 7.79. The number of hydrogen-bond donors (Lipinski definition) is 0. The van der Waals surface area contributed by atoms with Gasteiger partial charge >= 0.3 is 0 Å². The molecule has 6 nitrogen and oxygen atoms in total. The van der Waals surface area contributed by atoms with Gasteiger partial charge in [-0.2, -0.15) is 4.31 Å². The number of carbonyl (C=O) groups is 1. The molecule has 1 aromatic carbocycles. The number of halogens is 1. The molecule has 1 aliphatic rings. The van der Waals surface area contributed by atoms with Crippen molar-refractivity contribution >= 4 is 38.9 Å². The van der Waals surface area contributed by atoms with Crippen molar-refractivity contribution in [1.82, 2.24) is 14.2 Å². The second-order valence-corrected chi connectivity index (χ2v) is 9.29. The smallest absolute Gasteiger partial charge is 0.273 e. The van der Waals surface area contributed by atoms with Gasteiger partial charge in [-0.05, 0) is 24.6 Å². The minimum atomic E-state index is -3.42. The van der Waals surface area contributed by atoms with Crippen molar-refractivity contribution in [2.24, 2.45) is 0 Å². The lowest BCUT2D eigenvalue weighted by atomic mass is 10.2. The maximum absolute atomic E-state index is 12.6. The summed E-state index contributed by atoms with van der Waals surface area (Å²) in [6.45, 7) is 3.18. The van der Waals surface area contributed by atoms with E-state index in [4.69, 9.17) is 11.6 Å². The Labute approximate surface area is 156 Å². The van der Waals surface area contributed by atoms with Crippen LogP contribution < -0.4 is 0 Å². The first-order valence-corrected chi connectivity index (χ1v) is 10.7. The number of thiazole rings is 1. The van der Waals surface area contributed by atoms with Gasteiger partial charge in [0.05, 0.1) is 10.8 Å². The zero-order valence-electron chi connectivity index (χ0n) is 13.7. The Bertz CT molecular complexity index is 857. The lowest BCUT2D eigenvalue weighted by Gasteiger charge is -2.33. The van der Waals surface area contributed by atoms with Crippen molar-refractivity contribution in [3.05, 3.63) is 50.9 Å². The number of nitrogens with zero attached hydrogens (tertiary/aromatic N) is 3. The molecule has 0 N–H and O–H groups in total. The van der Waals surface area contributed by atoms with Crippen LogP contribution in [0.4, 0.5) is 0 Å². The summed E-state index contributed by atoms with van der Waals surface area (Å²) < 4.78 is 26.6. The Kier molecular flexibility index (Phi) is 5.43. The lowest BCUT2D eigenvalue weighted by Crippen LogP contribution is -2.50. The van der Waals surface area contributed by atoms with Crippen molar-refractivity contribution < 1.29 is 13.2 Å². The maximum Gasteiger partial charge on any atom is 0.273 e. The summed E-state index contributed by atoms with van der Waals surface area (Å²) in [5, 5.41) is 3.15. The fourth-order valence-corrected chi connectivity index (χ4v) is 4.90. The Morgan fingerprint density at radius 1 is 1.20 bits per heavy atom. The van der Waals surface area contributed by atoms with Crippen LogP contribution in [-0.2, 0) is 15.8 Å². The van der Waals surface area contributed by atoms with E-state index in [0.717, 1.165) is 5.01 Å². The minimum absolute atomic E-state index is 0.0661. The van der Waals surface area contributed by atoms with Gasteiger partial charge in [0.2, 0.25) is 10.0 Å². The van der Waals surface area contributed by atoms with E-state index < -0.39 is 10.0 Å². The number of amides is 1. The third-order valence-corrected chi connectivity index (χ3v) is 6.90. The van der Waals surface area contributed by atoms with Crippen molar-refractivity contribution in [2.75, 3.05) is 26.2 Å². The first-order chi connectivity index (χ1) is 11.8. The topological polar surface area (TPSA) is 70.6 Å². The summed E-state index contributed by atoms with van der Waals surface area (Å²) in [5.41, 5.74) is 1.13. The third-order valence-electron chi connectivity index (χ3n) is 4.02. The molecule has 1 fully saturated rings. The third kappa shape index (κ3) is 4.38. The molecule has 1 aromatic heterocycles. The molecule has 3 rings (SSSR count). The first kappa shape index (κ1) is 18.3. The van der Waals surface area contributed by atoms with Crippen LogP contribution in [0.25, 0.3) is 0 Å². The van der Waals surface area contributed by atoms with Gasteiger partial charge in [0.1, 0.15) is 5.69 Å². The molecule has 0 bridgehead atoms. The fourth-order valence-electron chi connectivity index (χ4n) is 2.68. The molecule has 0 aliphatic carbocycles. The van der Waals surface area contributed by atoms with Crippen LogP contribution >= 0.6 is 22.9 Å². The molecular formula is C16H18ClN3O3S2. The van der Waals surface area contributed by atoms with E-state index in [1.807, 2.05) is 6.92 Å². The molecule has 134 valence electrons. The van der Waals surface area contributed by atoms with Crippen LogP contribution in [0.2, 0.25) is 5.02 Å². The van der Waals surface area contributed by atoms with Gasteiger partial charge in [-0.1, -0.05) is 23.7 Å². The van der Waals surface area contributed by atoms with E-state index in [-0.39, 0.29) is 11.7 Å². The Balaban J connectivity index is 1.61. The highest BCUT2D eigenvalue weighted by Gasteiger charge is 2.29. The minimum Gasteiger partial charge on any atom is -0.335 e. The second-order valence-electron chi connectivity index (χ2n) is 5.83. The maximum atomic E-state index is 12.6. The quantitative estimate of drug-likeness (QED) is 0.791. The predicted octanol–water partition coefficient (Wildman–Crippen LogP) is 2.39. The highest BCUT2D eigenvalue weighted by Crippen LogP contribution is 2.17. The van der Waals surface area contributed by atoms with E-state index in [9.17, 15) is 13.2 Å². The standard InChI is InChI=1S/C16H18ClN3O3S2/c1-12-18-15(10-24-12)16(21)19-6-8-20(9-7-19)25(22,23)11-13-2-4-14(17)5-3-13/h2-5,10H,6-9,11H2,1H3. The van der Waals surface area contributed by atoms with Gasteiger partial charge in [-0.3, -0.25) is 4.79 Å². The Hall–Kier alpha value is -1.48. The van der Waals surface area contributed by atoms with Crippen molar-refractivity contribution in [3.8, 4) is 0 Å². The zero-order valence-corrected chi connectivity index (χ0v) is 16.1. The van der Waals surface area contributed by atoms with Crippen molar-refractivity contribution in [1.29, 1.82) is 0 Å². The highest BCUT2D eigenvalue weighted by atomic mass is 35.5. The van der Waals surface area contributed by atoms with E-state index >= 15 is 0 Å². The van der Waals surface area contributed by atoms with Gasteiger partial charge in [0, 0.05) is 36.6 Å². The van der Waals surface area contributed by atoms with Gasteiger partial charge in [0.25, 0.3) is 5.91 Å². The summed E-state index contributed by atoms with van der Waals surface area (Å²) in [4.78, 5) is 18.2. The van der Waals surface area contributed by atoms with E-state index in [2.05, 4.69) is 4.98 Å². The molecule has 2 heterocycles. The van der Waals surface area contributed by atoms with Gasteiger partial charge in [0.15, 0.2) is 0 Å². The Morgan fingerprint density at radius 2 is 1.84 bits per heavy atom. The van der Waals surface area contributed by atoms with E-state index in [0.29, 0.717) is 42.5 Å². The van der Waals surface area contributed by atoms with Crippen molar-refractivity contribution in [2.45, 2.75) is 12.7 Å². The average molecular weight is 400 g/mol. The molecule has 0 unspecified atom stereocenters. The predicted molar refractivity (Wildman–Crippen MR) is 98.4 cm³/mol. The average Bonchev–Trinajstić information content (AvgIpc) is 3.03. The summed E-state index contributed by atoms with van der Waals surface area (Å²) in [6, 6.07) is 6.78. The number of piperazine rings is 1. The van der Waals surface area contributed by atoms with Crippen molar-refractivity contribution in [3.63, 3.8) is 0 Å². The van der Waals surface area contributed by atoms with E-state index in [1.54, 1.807) is 34.5 Å². The molecule has 0 spiro atoms. The number of rotatable bonds is 4. The van der Waals surface area contributed by atoms with Crippen LogP contribution in [0, 0.1) is 6.92 Å². The van der Waals surface area contributed by atoms with Crippen LogP contribution in [0.15, 0.2) is 29.6 Å². The number of aromatic nitrogens is 1. The van der Waals surface area contributed by atoms with Crippen LogP contribution in [-0.4, -0.2) is 54.7 Å². The molecule has 1 saturated heterocycles. The normalized spacial score (nSPS) is 16.2. The zero-order chi connectivity index (χ0) is 18.0. The molecule has 25 heavy (non-hydrogen) atoms. The summed E-state index contributed by atoms with van der Waals surface area (Å²) in [6.07, 6.45) is 0. The molecule has 2 aromatic rings. The summed E-state index contributed by atoms with van der Waals surface area (Å²) in [7, 11) is -3.42. The molecule has 0 atom stereocenters. The Morgan fingerprint density at radius 3 is 2.40 bits per heavy atom. The fraction of sp³-hybridized carbons (Fsp3) is 0.375. The van der Waals surface area contributed by atoms with Gasteiger partial charge in [-0.25, -0.2) is 13.4 Å². The SMILES string of the molecule is Cc1nc(C(=O)N2CCN(S(=O)(=O)Cc3ccc(Cl)cc3)CC2)cs1. The largest absolute Gasteiger partial charge is 0.335 e. The number of hydrogen-bond acceptors (Lipinski definition) is 5. The van der Waals surface area contributed by atoms with E-state index in [1.165, 1.54) is 15.6 Å². The number of benzene rings is 1. The molecule has 9 heteroatoms. The molecule has 1 aliphatic heterocycles. The molecular weight excluding hydrogens is 382 g/mol.